The Bertz CT molecular complexity index is 247. The second kappa shape index (κ2) is 9.35. The number of amides is 1. The van der Waals surface area contributed by atoms with E-state index in [1.165, 1.54) is 32.1 Å². The van der Waals surface area contributed by atoms with E-state index in [4.69, 9.17) is 5.73 Å². The van der Waals surface area contributed by atoms with Crippen molar-refractivity contribution in [2.45, 2.75) is 77.7 Å². The lowest BCUT2D eigenvalue weighted by Crippen LogP contribution is -2.31. The van der Waals surface area contributed by atoms with Crippen molar-refractivity contribution in [3.8, 4) is 0 Å². The molecule has 0 bridgehead atoms. The fourth-order valence-electron chi connectivity index (χ4n) is 2.93. The topological polar surface area (TPSA) is 55.1 Å². The highest BCUT2D eigenvalue weighted by Gasteiger charge is 2.15. The summed E-state index contributed by atoms with van der Waals surface area (Å²) in [5, 5.41) is 3.10. The van der Waals surface area contributed by atoms with Gasteiger partial charge in [-0.05, 0) is 32.1 Å². The van der Waals surface area contributed by atoms with Crippen molar-refractivity contribution in [2.24, 2.45) is 17.6 Å². The third-order valence-corrected chi connectivity index (χ3v) is 4.32. The maximum absolute atomic E-state index is 11.9. The van der Waals surface area contributed by atoms with Crippen LogP contribution < -0.4 is 11.1 Å². The molecule has 0 radical (unpaired) electrons. The van der Waals surface area contributed by atoms with Gasteiger partial charge < -0.3 is 11.1 Å². The van der Waals surface area contributed by atoms with E-state index in [1.54, 1.807) is 0 Å². The van der Waals surface area contributed by atoms with Crippen LogP contribution in [0.2, 0.25) is 0 Å². The first-order valence-corrected chi connectivity index (χ1v) is 8.13. The van der Waals surface area contributed by atoms with E-state index in [1.807, 2.05) is 13.8 Å². The zero-order valence-corrected chi connectivity index (χ0v) is 12.8. The van der Waals surface area contributed by atoms with Crippen LogP contribution in [-0.2, 0) is 4.79 Å². The summed E-state index contributed by atoms with van der Waals surface area (Å²) in [5.41, 5.74) is 5.72. The molecule has 0 saturated heterocycles. The lowest BCUT2D eigenvalue weighted by atomic mass is 9.87. The Kier molecular flexibility index (Phi) is 8.11. The molecule has 1 amide bonds. The molecular formula is C16H32N2O. The Morgan fingerprint density at radius 3 is 2.53 bits per heavy atom. The molecular weight excluding hydrogens is 236 g/mol. The van der Waals surface area contributed by atoms with Gasteiger partial charge in [0.2, 0.25) is 5.91 Å². The molecule has 19 heavy (non-hydrogen) atoms. The molecule has 0 heterocycles. The quantitative estimate of drug-likeness (QED) is 0.710. The van der Waals surface area contributed by atoms with Gasteiger partial charge in [-0.3, -0.25) is 4.79 Å². The van der Waals surface area contributed by atoms with Crippen molar-refractivity contribution in [1.29, 1.82) is 0 Å². The summed E-state index contributed by atoms with van der Waals surface area (Å²) >= 11 is 0. The van der Waals surface area contributed by atoms with Gasteiger partial charge in [0.25, 0.3) is 0 Å². The van der Waals surface area contributed by atoms with E-state index >= 15 is 0 Å². The number of hydrogen-bond acceptors (Lipinski definition) is 2. The third-order valence-electron chi connectivity index (χ3n) is 4.32. The molecule has 1 aliphatic carbocycles. The van der Waals surface area contributed by atoms with Crippen LogP contribution in [0.4, 0.5) is 0 Å². The van der Waals surface area contributed by atoms with E-state index in [0.29, 0.717) is 0 Å². The predicted molar refractivity (Wildman–Crippen MR) is 80.9 cm³/mol. The minimum Gasteiger partial charge on any atom is -0.356 e. The van der Waals surface area contributed by atoms with E-state index < -0.39 is 0 Å². The molecule has 0 spiro atoms. The van der Waals surface area contributed by atoms with Crippen LogP contribution in [0.3, 0.4) is 0 Å². The Morgan fingerprint density at radius 1 is 1.21 bits per heavy atom. The fraction of sp³-hybridized carbons (Fsp3) is 0.938. The number of hydrogen-bond donors (Lipinski definition) is 2. The molecule has 0 aromatic heterocycles. The Hall–Kier alpha value is -0.570. The van der Waals surface area contributed by atoms with Crippen molar-refractivity contribution < 1.29 is 4.79 Å². The molecule has 3 nitrogen and oxygen atoms in total. The van der Waals surface area contributed by atoms with E-state index in [-0.39, 0.29) is 17.9 Å². The molecule has 3 heteroatoms. The minimum atomic E-state index is 0.130. The van der Waals surface area contributed by atoms with Gasteiger partial charge in [-0.1, -0.05) is 45.4 Å². The second-order valence-electron chi connectivity index (χ2n) is 6.39. The molecule has 1 fully saturated rings. The van der Waals surface area contributed by atoms with Gasteiger partial charge in [0.05, 0.1) is 0 Å². The first-order valence-electron chi connectivity index (χ1n) is 8.13. The lowest BCUT2D eigenvalue weighted by molar-refractivity contribution is -0.124. The van der Waals surface area contributed by atoms with Crippen molar-refractivity contribution in [2.75, 3.05) is 6.54 Å². The highest BCUT2D eigenvalue weighted by molar-refractivity contribution is 5.78. The van der Waals surface area contributed by atoms with Gasteiger partial charge in [0.15, 0.2) is 0 Å². The number of nitrogens with one attached hydrogen (secondary N) is 1. The monoisotopic (exact) mass is 268 g/mol. The predicted octanol–water partition coefficient (Wildman–Crippen LogP) is 3.23. The first kappa shape index (κ1) is 16.5. The van der Waals surface area contributed by atoms with Gasteiger partial charge in [-0.15, -0.1) is 0 Å². The van der Waals surface area contributed by atoms with Crippen LogP contribution in [0.25, 0.3) is 0 Å². The minimum absolute atomic E-state index is 0.130. The first-order chi connectivity index (χ1) is 9.09. The molecule has 0 aromatic carbocycles. The maximum Gasteiger partial charge on any atom is 0.222 e. The summed E-state index contributed by atoms with van der Waals surface area (Å²) in [6.45, 7) is 4.91. The highest BCUT2D eigenvalue weighted by atomic mass is 16.1. The standard InChI is InChI=1S/C16H32N2O/c1-13(7-6-8-14(2)17)16(19)18-12-11-15-9-4-3-5-10-15/h13-15H,3-12,17H2,1-2H3,(H,18,19). The van der Waals surface area contributed by atoms with Gasteiger partial charge in [-0.2, -0.15) is 0 Å². The van der Waals surface area contributed by atoms with Crippen molar-refractivity contribution in [1.82, 2.24) is 5.32 Å². The van der Waals surface area contributed by atoms with Crippen LogP contribution in [-0.4, -0.2) is 18.5 Å². The van der Waals surface area contributed by atoms with Gasteiger partial charge >= 0.3 is 0 Å². The molecule has 3 N–H and O–H groups in total. The fourth-order valence-corrected chi connectivity index (χ4v) is 2.93. The smallest absolute Gasteiger partial charge is 0.222 e. The lowest BCUT2D eigenvalue weighted by Gasteiger charge is -2.22. The zero-order chi connectivity index (χ0) is 14.1. The van der Waals surface area contributed by atoms with Gasteiger partial charge in [-0.25, -0.2) is 0 Å². The molecule has 1 aliphatic rings. The largest absolute Gasteiger partial charge is 0.356 e. The molecule has 0 aliphatic heterocycles. The Balaban J connectivity index is 2.05. The molecule has 112 valence electrons. The summed E-state index contributed by atoms with van der Waals surface area (Å²) in [5.74, 6) is 1.20. The van der Waals surface area contributed by atoms with Crippen LogP contribution in [0.15, 0.2) is 0 Å². The number of nitrogens with two attached hydrogens (primary N) is 1. The van der Waals surface area contributed by atoms with E-state index in [0.717, 1.165) is 38.1 Å². The third kappa shape index (κ3) is 7.56. The number of rotatable bonds is 8. The molecule has 1 rings (SSSR count). The van der Waals surface area contributed by atoms with E-state index in [2.05, 4.69) is 5.32 Å². The zero-order valence-electron chi connectivity index (χ0n) is 12.8. The van der Waals surface area contributed by atoms with Crippen molar-refractivity contribution in [3.63, 3.8) is 0 Å². The van der Waals surface area contributed by atoms with Crippen LogP contribution in [0.1, 0.15) is 71.6 Å². The van der Waals surface area contributed by atoms with Crippen LogP contribution >= 0.6 is 0 Å². The summed E-state index contributed by atoms with van der Waals surface area (Å²) in [7, 11) is 0. The van der Waals surface area contributed by atoms with Crippen molar-refractivity contribution in [3.05, 3.63) is 0 Å². The van der Waals surface area contributed by atoms with E-state index in [9.17, 15) is 4.79 Å². The van der Waals surface area contributed by atoms with Crippen LogP contribution in [0.5, 0.6) is 0 Å². The van der Waals surface area contributed by atoms with Crippen molar-refractivity contribution >= 4 is 5.91 Å². The maximum atomic E-state index is 11.9. The molecule has 0 aromatic rings. The SMILES string of the molecule is CC(N)CCCC(C)C(=O)NCCC1CCCCC1. The van der Waals surface area contributed by atoms with Gasteiger partial charge in [0, 0.05) is 18.5 Å². The number of carbonyl (C=O) groups is 1. The average molecular weight is 268 g/mol. The van der Waals surface area contributed by atoms with Gasteiger partial charge in [0.1, 0.15) is 0 Å². The average Bonchev–Trinajstić information content (AvgIpc) is 2.39. The second-order valence-corrected chi connectivity index (χ2v) is 6.39. The molecule has 2 atom stereocenters. The molecule has 1 saturated carbocycles. The Morgan fingerprint density at radius 2 is 1.89 bits per heavy atom. The number of carbonyl (C=O) groups excluding carboxylic acids is 1. The normalized spacial score (nSPS) is 19.9. The van der Waals surface area contributed by atoms with Crippen LogP contribution in [0, 0.1) is 11.8 Å². The molecule has 2 unspecified atom stereocenters. The Labute approximate surface area is 118 Å². The summed E-state index contributed by atoms with van der Waals surface area (Å²) in [6.07, 6.45) is 11.1. The highest BCUT2D eigenvalue weighted by Crippen LogP contribution is 2.25. The summed E-state index contributed by atoms with van der Waals surface area (Å²) in [4.78, 5) is 11.9. The summed E-state index contributed by atoms with van der Waals surface area (Å²) in [6, 6.07) is 0.251. The summed E-state index contributed by atoms with van der Waals surface area (Å²) < 4.78 is 0.